The van der Waals surface area contributed by atoms with Gasteiger partial charge in [0.05, 0.1) is 18.9 Å². The maximum atomic E-state index is 5.62. The molecule has 0 aliphatic rings. The first-order valence-electron chi connectivity index (χ1n) is 6.14. The van der Waals surface area contributed by atoms with Gasteiger partial charge in [-0.1, -0.05) is 13.8 Å². The molecule has 0 radical (unpaired) electrons. The molecule has 16 heavy (non-hydrogen) atoms. The van der Waals surface area contributed by atoms with Crippen molar-refractivity contribution >= 4 is 0 Å². The third-order valence-electron chi connectivity index (χ3n) is 2.55. The Balaban J connectivity index is 2.53. The molecule has 0 fully saturated rings. The van der Waals surface area contributed by atoms with Crippen LogP contribution < -0.4 is 5.32 Å². The van der Waals surface area contributed by atoms with Crippen LogP contribution in [0, 0.1) is 6.92 Å². The van der Waals surface area contributed by atoms with E-state index < -0.39 is 0 Å². The van der Waals surface area contributed by atoms with Crippen LogP contribution in [0.5, 0.6) is 0 Å². The van der Waals surface area contributed by atoms with E-state index in [0.29, 0.717) is 6.61 Å². The molecule has 1 N–H and O–H groups in total. The van der Waals surface area contributed by atoms with Crippen molar-refractivity contribution < 1.29 is 9.15 Å². The molecule has 3 nitrogen and oxygen atoms in total. The molecule has 3 heteroatoms. The zero-order chi connectivity index (χ0) is 11.8. The lowest BCUT2D eigenvalue weighted by molar-refractivity contribution is 0.111. The minimum absolute atomic E-state index is 0.255. The maximum absolute atomic E-state index is 5.62. The van der Waals surface area contributed by atoms with Crippen LogP contribution in [-0.2, 0) is 4.74 Å². The van der Waals surface area contributed by atoms with Gasteiger partial charge >= 0.3 is 0 Å². The topological polar surface area (TPSA) is 34.4 Å². The molecule has 0 aliphatic heterocycles. The lowest BCUT2D eigenvalue weighted by atomic mass is 10.1. The van der Waals surface area contributed by atoms with Crippen LogP contribution in [0.15, 0.2) is 16.7 Å². The summed E-state index contributed by atoms with van der Waals surface area (Å²) in [5.41, 5.74) is 1.21. The van der Waals surface area contributed by atoms with Crippen LogP contribution >= 0.6 is 0 Å². The Bertz CT molecular complexity index is 283. The molecular formula is C13H23NO2. The third-order valence-corrected chi connectivity index (χ3v) is 2.55. The second-order valence-electron chi connectivity index (χ2n) is 4.01. The van der Waals surface area contributed by atoms with Crippen molar-refractivity contribution in [1.82, 2.24) is 5.32 Å². The van der Waals surface area contributed by atoms with Gasteiger partial charge in [0.1, 0.15) is 5.76 Å². The predicted molar refractivity (Wildman–Crippen MR) is 65.6 cm³/mol. The van der Waals surface area contributed by atoms with Gasteiger partial charge in [-0.05, 0) is 32.4 Å². The van der Waals surface area contributed by atoms with Crippen LogP contribution in [0.25, 0.3) is 0 Å². The Hall–Kier alpha value is -0.800. The standard InChI is InChI=1S/C13H23NO2/c1-4-7-14-13(10-15-8-5-2)12-6-9-16-11(12)3/h6,9,13-14H,4-5,7-8,10H2,1-3H3. The molecule has 0 aromatic carbocycles. The van der Waals surface area contributed by atoms with Crippen molar-refractivity contribution in [1.29, 1.82) is 0 Å². The Morgan fingerprint density at radius 2 is 2.19 bits per heavy atom. The van der Waals surface area contributed by atoms with E-state index in [1.807, 2.05) is 13.0 Å². The molecule has 0 aliphatic carbocycles. The number of rotatable bonds is 8. The Morgan fingerprint density at radius 3 is 2.75 bits per heavy atom. The van der Waals surface area contributed by atoms with Crippen molar-refractivity contribution in [3.05, 3.63) is 23.7 Å². The molecule has 92 valence electrons. The quantitative estimate of drug-likeness (QED) is 0.690. The first-order chi connectivity index (χ1) is 7.79. The van der Waals surface area contributed by atoms with Crippen LogP contribution in [0.2, 0.25) is 0 Å². The molecule has 0 spiro atoms. The Kier molecular flexibility index (Phi) is 6.19. The fourth-order valence-electron chi connectivity index (χ4n) is 1.68. The van der Waals surface area contributed by atoms with Crippen molar-refractivity contribution in [3.8, 4) is 0 Å². The molecular weight excluding hydrogens is 202 g/mol. The summed E-state index contributed by atoms with van der Waals surface area (Å²) in [5.74, 6) is 0.980. The van der Waals surface area contributed by atoms with Crippen LogP contribution in [0.3, 0.4) is 0 Å². The smallest absolute Gasteiger partial charge is 0.105 e. The minimum atomic E-state index is 0.255. The molecule has 0 saturated carbocycles. The van der Waals surface area contributed by atoms with Gasteiger partial charge in [-0.2, -0.15) is 0 Å². The van der Waals surface area contributed by atoms with E-state index in [0.717, 1.165) is 31.8 Å². The van der Waals surface area contributed by atoms with Crippen molar-refractivity contribution in [2.45, 2.75) is 39.7 Å². The zero-order valence-electron chi connectivity index (χ0n) is 10.6. The van der Waals surface area contributed by atoms with Gasteiger partial charge in [0.15, 0.2) is 0 Å². The van der Waals surface area contributed by atoms with Crippen LogP contribution in [-0.4, -0.2) is 19.8 Å². The van der Waals surface area contributed by atoms with Gasteiger partial charge < -0.3 is 14.5 Å². The van der Waals surface area contributed by atoms with Gasteiger partial charge in [-0.25, -0.2) is 0 Å². The summed E-state index contributed by atoms with van der Waals surface area (Å²) >= 11 is 0. The average molecular weight is 225 g/mol. The summed E-state index contributed by atoms with van der Waals surface area (Å²) in [7, 11) is 0. The summed E-state index contributed by atoms with van der Waals surface area (Å²) in [6.07, 6.45) is 3.93. The highest BCUT2D eigenvalue weighted by Gasteiger charge is 2.14. The largest absolute Gasteiger partial charge is 0.469 e. The van der Waals surface area contributed by atoms with Gasteiger partial charge in [0, 0.05) is 12.2 Å². The maximum Gasteiger partial charge on any atom is 0.105 e. The molecule has 1 rings (SSSR count). The molecule has 0 amide bonds. The molecule has 1 unspecified atom stereocenters. The summed E-state index contributed by atoms with van der Waals surface area (Å²) in [6, 6.07) is 2.28. The van der Waals surface area contributed by atoms with Crippen LogP contribution in [0.4, 0.5) is 0 Å². The normalized spacial score (nSPS) is 12.9. The van der Waals surface area contributed by atoms with Crippen molar-refractivity contribution in [2.24, 2.45) is 0 Å². The summed E-state index contributed by atoms with van der Waals surface area (Å²) in [5, 5.41) is 3.49. The van der Waals surface area contributed by atoms with E-state index in [9.17, 15) is 0 Å². The SMILES string of the molecule is CCCNC(COCCC)c1ccoc1C. The monoisotopic (exact) mass is 225 g/mol. The van der Waals surface area contributed by atoms with E-state index in [1.54, 1.807) is 6.26 Å². The lowest BCUT2D eigenvalue weighted by Crippen LogP contribution is -2.26. The Labute approximate surface area is 98.2 Å². The number of ether oxygens (including phenoxy) is 1. The van der Waals surface area contributed by atoms with Crippen molar-refractivity contribution in [2.75, 3.05) is 19.8 Å². The van der Waals surface area contributed by atoms with E-state index in [1.165, 1.54) is 5.56 Å². The summed E-state index contributed by atoms with van der Waals surface area (Å²) in [6.45, 7) is 8.83. The van der Waals surface area contributed by atoms with E-state index >= 15 is 0 Å². The summed E-state index contributed by atoms with van der Waals surface area (Å²) in [4.78, 5) is 0. The zero-order valence-corrected chi connectivity index (χ0v) is 10.6. The molecule has 1 aromatic rings. The van der Waals surface area contributed by atoms with Gasteiger partial charge in [0.2, 0.25) is 0 Å². The minimum Gasteiger partial charge on any atom is -0.469 e. The highest BCUT2D eigenvalue weighted by molar-refractivity contribution is 5.20. The van der Waals surface area contributed by atoms with Gasteiger partial charge in [-0.15, -0.1) is 0 Å². The highest BCUT2D eigenvalue weighted by atomic mass is 16.5. The molecule has 0 bridgehead atoms. The van der Waals surface area contributed by atoms with E-state index in [-0.39, 0.29) is 6.04 Å². The molecule has 0 saturated heterocycles. The number of hydrogen-bond acceptors (Lipinski definition) is 3. The Morgan fingerprint density at radius 1 is 1.38 bits per heavy atom. The van der Waals surface area contributed by atoms with Crippen LogP contribution in [0.1, 0.15) is 44.1 Å². The van der Waals surface area contributed by atoms with Crippen molar-refractivity contribution in [3.63, 3.8) is 0 Å². The van der Waals surface area contributed by atoms with Gasteiger partial charge in [0.25, 0.3) is 0 Å². The predicted octanol–water partition coefficient (Wildman–Crippen LogP) is 3.06. The number of hydrogen-bond donors (Lipinski definition) is 1. The molecule has 1 aromatic heterocycles. The lowest BCUT2D eigenvalue weighted by Gasteiger charge is -2.18. The highest BCUT2D eigenvalue weighted by Crippen LogP contribution is 2.19. The summed E-state index contributed by atoms with van der Waals surface area (Å²) < 4.78 is 11.0. The van der Waals surface area contributed by atoms with Gasteiger partial charge in [-0.3, -0.25) is 0 Å². The molecule has 1 atom stereocenters. The number of furan rings is 1. The second-order valence-corrected chi connectivity index (χ2v) is 4.01. The average Bonchev–Trinajstić information content (AvgIpc) is 2.70. The third kappa shape index (κ3) is 3.99. The molecule has 1 heterocycles. The first kappa shape index (κ1) is 13.3. The number of aryl methyl sites for hydroxylation is 1. The first-order valence-corrected chi connectivity index (χ1v) is 6.14. The fraction of sp³-hybridized carbons (Fsp3) is 0.692. The second kappa shape index (κ2) is 7.47. The van der Waals surface area contributed by atoms with E-state index in [4.69, 9.17) is 9.15 Å². The number of nitrogens with one attached hydrogen (secondary N) is 1. The van der Waals surface area contributed by atoms with E-state index in [2.05, 4.69) is 19.2 Å². The fourth-order valence-corrected chi connectivity index (χ4v) is 1.68.